The highest BCUT2D eigenvalue weighted by molar-refractivity contribution is 5.80. The van der Waals surface area contributed by atoms with Crippen LogP contribution in [0.25, 0.3) is 0 Å². The van der Waals surface area contributed by atoms with Crippen LogP contribution in [0.5, 0.6) is 0 Å². The van der Waals surface area contributed by atoms with Crippen LogP contribution < -0.4 is 5.32 Å². The molecule has 8 atom stereocenters. The second-order valence-electron chi connectivity index (χ2n) is 20.7. The number of hydrogen-bond acceptors (Lipinski definition) is 10. The number of aliphatic hydroxyl groups excluding tert-OH is 5. The summed E-state index contributed by atoms with van der Waals surface area (Å²) in [5, 5.41) is 56.9. The Kier molecular flexibility index (Phi) is 50.7. The molecule has 6 N–H and O–H groups in total. The second kappa shape index (κ2) is 55.1. The number of aliphatic hydroxyl groups is 5. The molecule has 11 nitrogen and oxygen atoms in total. The molecular formula is C69H111NO10. The number of carbonyl (C=O) groups excluding carboxylic acids is 2. The first-order valence-corrected chi connectivity index (χ1v) is 31.1. The quantitative estimate of drug-likeness (QED) is 0.0195. The van der Waals surface area contributed by atoms with E-state index < -0.39 is 67.4 Å². The van der Waals surface area contributed by atoms with Gasteiger partial charge in [-0.25, -0.2) is 0 Å². The summed E-state index contributed by atoms with van der Waals surface area (Å²) < 4.78 is 17.5. The van der Waals surface area contributed by atoms with Crippen LogP contribution in [0, 0.1) is 0 Å². The number of rotatable bonds is 50. The van der Waals surface area contributed by atoms with Gasteiger partial charge < -0.3 is 45.1 Å². The summed E-state index contributed by atoms with van der Waals surface area (Å²) in [6.45, 7) is 5.49. The summed E-state index contributed by atoms with van der Waals surface area (Å²) >= 11 is 0. The highest BCUT2D eigenvalue weighted by Gasteiger charge is 2.47. The summed E-state index contributed by atoms with van der Waals surface area (Å²) in [5.74, 6) is -1.30. The molecule has 0 radical (unpaired) electrons. The average Bonchev–Trinajstić information content (AvgIpc) is 3.48. The second-order valence-corrected chi connectivity index (χ2v) is 20.7. The van der Waals surface area contributed by atoms with Crippen molar-refractivity contribution in [2.45, 2.75) is 262 Å². The highest BCUT2D eigenvalue weighted by atomic mass is 16.7. The van der Waals surface area contributed by atoms with Crippen LogP contribution in [0.3, 0.4) is 0 Å². The van der Waals surface area contributed by atoms with Crippen molar-refractivity contribution in [3.63, 3.8) is 0 Å². The molecule has 0 bridgehead atoms. The predicted molar refractivity (Wildman–Crippen MR) is 333 cm³/mol. The maximum atomic E-state index is 13.4. The van der Waals surface area contributed by atoms with Gasteiger partial charge in [0, 0.05) is 6.42 Å². The van der Waals surface area contributed by atoms with E-state index in [-0.39, 0.29) is 19.4 Å². The van der Waals surface area contributed by atoms with E-state index >= 15 is 0 Å². The molecule has 0 aromatic rings. The van der Waals surface area contributed by atoms with Crippen molar-refractivity contribution in [3.05, 3.63) is 146 Å². The molecule has 0 saturated carbocycles. The largest absolute Gasteiger partial charge is 0.454 e. The van der Waals surface area contributed by atoms with Crippen LogP contribution >= 0.6 is 0 Å². The van der Waals surface area contributed by atoms with E-state index in [1.165, 1.54) is 44.9 Å². The van der Waals surface area contributed by atoms with Crippen molar-refractivity contribution < 1.29 is 49.3 Å². The Morgan fingerprint density at radius 1 is 0.500 bits per heavy atom. The standard InChI is InChI=1S/C69H111NO10/c1-4-7-10-13-16-19-22-25-27-29-30-31-32-33-35-36-38-41-44-47-50-53-56-62(73)68(77)70-60(61(72)55-52-49-46-43-40-24-21-18-15-12-9-6-3)59-78-69-67(66(76)65(75)63(58-71)79-69)80-64(74)57-54-51-48-45-42-39-37-34-28-26-23-20-17-14-11-8-5-2/h7-8,10-11,16-17,19-20,25-28,30-31,33,35,37-39,41,45,48,52,55,60-63,65-67,69,71-73,75-76H,4-6,9,12-15,18,21-24,29,32,34,36,40,42-44,46-47,49-51,53-54,56-59H2,1-3H3,(H,70,77)/b10-7-,11-8-,19-16-,20-17-,27-25-,28-26-,31-30-,35-33-,39-37-,41-38-,48-45-,55-52+. The molecule has 11 heteroatoms. The van der Waals surface area contributed by atoms with Gasteiger partial charge in [0.05, 0.1) is 25.4 Å². The van der Waals surface area contributed by atoms with Crippen molar-refractivity contribution in [1.29, 1.82) is 0 Å². The Morgan fingerprint density at radius 2 is 0.900 bits per heavy atom. The molecule has 1 saturated heterocycles. The third kappa shape index (κ3) is 42.4. The number of hydrogen-bond donors (Lipinski definition) is 6. The van der Waals surface area contributed by atoms with Crippen molar-refractivity contribution in [2.24, 2.45) is 0 Å². The summed E-state index contributed by atoms with van der Waals surface area (Å²) in [4.78, 5) is 26.5. The third-order valence-electron chi connectivity index (χ3n) is 13.5. The molecule has 0 aliphatic carbocycles. The minimum Gasteiger partial charge on any atom is -0.454 e. The first-order valence-electron chi connectivity index (χ1n) is 31.1. The summed E-state index contributed by atoms with van der Waals surface area (Å²) in [6, 6.07) is -1.06. The number of esters is 1. The Bertz CT molecular complexity index is 1850. The van der Waals surface area contributed by atoms with Crippen LogP contribution in [0.15, 0.2) is 146 Å². The molecule has 1 fully saturated rings. The lowest BCUT2D eigenvalue weighted by Gasteiger charge is -2.41. The third-order valence-corrected chi connectivity index (χ3v) is 13.5. The van der Waals surface area contributed by atoms with Gasteiger partial charge in [-0.3, -0.25) is 9.59 Å². The fraction of sp³-hybridized carbons (Fsp3) is 0.623. The Balaban J connectivity index is 2.74. The summed E-state index contributed by atoms with van der Waals surface area (Å²) in [6.07, 6.45) is 68.9. The van der Waals surface area contributed by atoms with Gasteiger partial charge in [-0.2, -0.15) is 0 Å². The van der Waals surface area contributed by atoms with Crippen molar-refractivity contribution in [1.82, 2.24) is 5.32 Å². The molecular weight excluding hydrogens is 1000 g/mol. The summed E-state index contributed by atoms with van der Waals surface area (Å²) in [7, 11) is 0. The van der Waals surface area contributed by atoms with E-state index in [1.807, 2.05) is 18.2 Å². The van der Waals surface area contributed by atoms with Crippen molar-refractivity contribution in [2.75, 3.05) is 13.2 Å². The van der Waals surface area contributed by atoms with Gasteiger partial charge in [0.25, 0.3) is 0 Å². The zero-order chi connectivity index (χ0) is 58.2. The molecule has 0 spiro atoms. The zero-order valence-electron chi connectivity index (χ0n) is 49.9. The lowest BCUT2D eigenvalue weighted by molar-refractivity contribution is -0.305. The molecule has 1 aliphatic rings. The lowest BCUT2D eigenvalue weighted by Crippen LogP contribution is -2.61. The first kappa shape index (κ1) is 73.6. The number of ether oxygens (including phenoxy) is 3. The predicted octanol–water partition coefficient (Wildman–Crippen LogP) is 15.0. The van der Waals surface area contributed by atoms with Gasteiger partial charge in [-0.1, -0.05) is 237 Å². The van der Waals surface area contributed by atoms with Crippen LogP contribution in [0.1, 0.15) is 213 Å². The van der Waals surface area contributed by atoms with E-state index in [0.717, 1.165) is 116 Å². The Morgan fingerprint density at radius 3 is 1.35 bits per heavy atom. The van der Waals surface area contributed by atoms with E-state index in [0.29, 0.717) is 19.3 Å². The maximum absolute atomic E-state index is 13.4. The van der Waals surface area contributed by atoms with Gasteiger partial charge in [0.2, 0.25) is 5.91 Å². The molecule has 1 aliphatic heterocycles. The highest BCUT2D eigenvalue weighted by Crippen LogP contribution is 2.26. The van der Waals surface area contributed by atoms with Gasteiger partial charge in [0.15, 0.2) is 12.4 Å². The number of amides is 1. The van der Waals surface area contributed by atoms with E-state index in [4.69, 9.17) is 14.2 Å². The van der Waals surface area contributed by atoms with Crippen LogP contribution in [0.4, 0.5) is 0 Å². The fourth-order valence-corrected chi connectivity index (χ4v) is 8.63. The van der Waals surface area contributed by atoms with Gasteiger partial charge in [0.1, 0.15) is 24.4 Å². The minimum absolute atomic E-state index is 0.0331. The van der Waals surface area contributed by atoms with Crippen LogP contribution in [-0.4, -0.2) is 99.6 Å². The van der Waals surface area contributed by atoms with E-state index in [2.05, 4.69) is 148 Å². The first-order chi connectivity index (χ1) is 39.2. The smallest absolute Gasteiger partial charge is 0.306 e. The average molecular weight is 1110 g/mol. The maximum Gasteiger partial charge on any atom is 0.306 e. The molecule has 452 valence electrons. The molecule has 0 aromatic heterocycles. The van der Waals surface area contributed by atoms with Gasteiger partial charge in [-0.05, 0) is 116 Å². The van der Waals surface area contributed by atoms with E-state index in [9.17, 15) is 35.1 Å². The van der Waals surface area contributed by atoms with Gasteiger partial charge in [-0.15, -0.1) is 0 Å². The number of nitrogens with one attached hydrogen (secondary N) is 1. The van der Waals surface area contributed by atoms with Crippen LogP contribution in [-0.2, 0) is 23.8 Å². The summed E-state index contributed by atoms with van der Waals surface area (Å²) in [5.41, 5.74) is 0. The molecule has 0 aromatic carbocycles. The minimum atomic E-state index is -1.65. The zero-order valence-corrected chi connectivity index (χ0v) is 49.9. The fourth-order valence-electron chi connectivity index (χ4n) is 8.63. The number of unbranched alkanes of at least 4 members (excludes halogenated alkanes) is 14. The van der Waals surface area contributed by atoms with Gasteiger partial charge >= 0.3 is 5.97 Å². The number of carbonyl (C=O) groups is 2. The SMILES string of the molecule is CC/C=C\C/C=C\C/C=C\C/C=C\C/C=C\C/C=C\CCCCCC(O)C(=O)NC(COC1OC(CO)C(O)C(O)C1OC(=O)CCC/C=C\C/C=C\C/C=C\C/C=C\C/C=C\CC)C(O)/C=C/CCCCCCCCCCCC. The molecule has 80 heavy (non-hydrogen) atoms. The monoisotopic (exact) mass is 1110 g/mol. The molecule has 1 rings (SSSR count). The Hall–Kier alpha value is -4.46. The molecule has 8 unspecified atom stereocenters. The topological polar surface area (TPSA) is 175 Å². The van der Waals surface area contributed by atoms with Crippen molar-refractivity contribution >= 4 is 11.9 Å². The normalized spacial score (nSPS) is 19.8. The molecule has 1 amide bonds. The Labute approximate surface area is 485 Å². The molecule has 1 heterocycles. The number of allylic oxidation sites excluding steroid dienone is 23. The van der Waals surface area contributed by atoms with Crippen molar-refractivity contribution in [3.8, 4) is 0 Å². The van der Waals surface area contributed by atoms with Crippen LogP contribution in [0.2, 0.25) is 0 Å². The lowest BCUT2D eigenvalue weighted by atomic mass is 9.99. The van der Waals surface area contributed by atoms with E-state index in [1.54, 1.807) is 6.08 Å².